The van der Waals surface area contributed by atoms with Crippen LogP contribution in [0.25, 0.3) is 0 Å². The molecule has 0 aliphatic heterocycles. The van der Waals surface area contributed by atoms with Gasteiger partial charge in [0.1, 0.15) is 0 Å². The lowest BCUT2D eigenvalue weighted by atomic mass is 10.1. The second-order valence-corrected chi connectivity index (χ2v) is 3.41. The number of hydrogen-bond acceptors (Lipinski definition) is 4. The van der Waals surface area contributed by atoms with Gasteiger partial charge in [-0.15, -0.1) is 0 Å². The van der Waals surface area contributed by atoms with Crippen LogP contribution in [-0.2, 0) is 9.59 Å². The third-order valence-corrected chi connectivity index (χ3v) is 2.03. The van der Waals surface area contributed by atoms with Crippen LogP contribution >= 0.6 is 0 Å². The SMILES string of the molecule is CN.CN.O=C(O)CCCCCCCCC(=O)O. The maximum Gasteiger partial charge on any atom is 0.303 e. The number of rotatable bonds is 9. The van der Waals surface area contributed by atoms with Crippen molar-refractivity contribution in [2.45, 2.75) is 51.4 Å². The number of nitrogens with two attached hydrogens (primary N) is 2. The molecule has 0 spiro atoms. The van der Waals surface area contributed by atoms with Crippen LogP contribution in [0.1, 0.15) is 51.4 Å². The lowest BCUT2D eigenvalue weighted by Gasteiger charge is -1.98. The highest BCUT2D eigenvalue weighted by atomic mass is 16.4. The van der Waals surface area contributed by atoms with Crippen molar-refractivity contribution in [2.75, 3.05) is 14.1 Å². The summed E-state index contributed by atoms with van der Waals surface area (Å²) >= 11 is 0. The summed E-state index contributed by atoms with van der Waals surface area (Å²) in [5.41, 5.74) is 9.00. The molecule has 0 aromatic rings. The number of carboxylic acid groups (broad SMARTS) is 2. The van der Waals surface area contributed by atoms with E-state index in [0.717, 1.165) is 38.5 Å². The van der Waals surface area contributed by atoms with Crippen molar-refractivity contribution in [2.24, 2.45) is 11.5 Å². The normalized spacial score (nSPS) is 8.44. The van der Waals surface area contributed by atoms with Gasteiger partial charge in [-0.2, -0.15) is 0 Å². The van der Waals surface area contributed by atoms with Gasteiger partial charge < -0.3 is 21.7 Å². The van der Waals surface area contributed by atoms with Crippen LogP contribution in [0.15, 0.2) is 0 Å². The van der Waals surface area contributed by atoms with Gasteiger partial charge in [0.15, 0.2) is 0 Å². The largest absolute Gasteiger partial charge is 0.481 e. The Morgan fingerprint density at radius 2 is 0.889 bits per heavy atom. The molecule has 6 heteroatoms. The first-order chi connectivity index (χ1) is 8.63. The Morgan fingerprint density at radius 3 is 1.11 bits per heavy atom. The van der Waals surface area contributed by atoms with Crippen molar-refractivity contribution >= 4 is 11.9 Å². The number of carbonyl (C=O) groups is 2. The molecule has 0 unspecified atom stereocenters. The molecule has 0 saturated carbocycles. The Labute approximate surface area is 109 Å². The molecule has 0 fully saturated rings. The van der Waals surface area contributed by atoms with Gasteiger partial charge in [0.25, 0.3) is 0 Å². The summed E-state index contributed by atoms with van der Waals surface area (Å²) in [6.07, 6.45) is 5.82. The van der Waals surface area contributed by atoms with Gasteiger partial charge in [0.2, 0.25) is 0 Å². The van der Waals surface area contributed by atoms with Gasteiger partial charge in [-0.1, -0.05) is 25.7 Å². The summed E-state index contributed by atoms with van der Waals surface area (Å²) in [5, 5.41) is 16.7. The van der Waals surface area contributed by atoms with Crippen molar-refractivity contribution < 1.29 is 19.8 Å². The molecule has 0 radical (unpaired) electrons. The molecule has 18 heavy (non-hydrogen) atoms. The zero-order valence-electron chi connectivity index (χ0n) is 11.5. The van der Waals surface area contributed by atoms with Gasteiger partial charge in [0, 0.05) is 12.8 Å². The van der Waals surface area contributed by atoms with E-state index in [9.17, 15) is 9.59 Å². The average Bonchev–Trinajstić information content (AvgIpc) is 2.37. The molecule has 0 heterocycles. The fraction of sp³-hybridized carbons (Fsp3) is 0.833. The van der Waals surface area contributed by atoms with E-state index in [0.29, 0.717) is 0 Å². The first kappa shape index (κ1) is 22.1. The van der Waals surface area contributed by atoms with Crippen LogP contribution in [0.4, 0.5) is 0 Å². The Bertz CT molecular complexity index is 167. The molecule has 0 saturated heterocycles. The predicted octanol–water partition coefficient (Wildman–Crippen LogP) is 1.43. The maximum atomic E-state index is 10.1. The number of hydrogen-bond donors (Lipinski definition) is 4. The van der Waals surface area contributed by atoms with E-state index in [1.165, 1.54) is 14.1 Å². The molecule has 110 valence electrons. The first-order valence-electron chi connectivity index (χ1n) is 6.22. The topological polar surface area (TPSA) is 127 Å². The summed E-state index contributed by atoms with van der Waals surface area (Å²) in [5.74, 6) is -1.48. The molecule has 0 aromatic heterocycles. The molecule has 0 amide bonds. The van der Waals surface area contributed by atoms with Gasteiger partial charge in [-0.3, -0.25) is 9.59 Å². The molecule has 0 atom stereocenters. The van der Waals surface area contributed by atoms with E-state index in [1.807, 2.05) is 0 Å². The molecular weight excluding hydrogens is 236 g/mol. The van der Waals surface area contributed by atoms with E-state index in [-0.39, 0.29) is 12.8 Å². The lowest BCUT2D eigenvalue weighted by Crippen LogP contribution is -1.94. The summed E-state index contributed by atoms with van der Waals surface area (Å²) < 4.78 is 0. The lowest BCUT2D eigenvalue weighted by molar-refractivity contribution is -0.138. The van der Waals surface area contributed by atoms with Crippen LogP contribution in [0, 0.1) is 0 Å². The molecule has 0 aromatic carbocycles. The molecule has 0 rings (SSSR count). The Morgan fingerprint density at radius 1 is 0.667 bits per heavy atom. The smallest absolute Gasteiger partial charge is 0.303 e. The number of carboxylic acids is 2. The Kier molecular flexibility index (Phi) is 26.0. The highest BCUT2D eigenvalue weighted by molar-refractivity contribution is 5.66. The van der Waals surface area contributed by atoms with E-state index in [1.54, 1.807) is 0 Å². The second-order valence-electron chi connectivity index (χ2n) is 3.41. The van der Waals surface area contributed by atoms with Crippen LogP contribution in [0.3, 0.4) is 0 Å². The fourth-order valence-electron chi connectivity index (χ4n) is 1.26. The second kappa shape index (κ2) is 21.2. The Balaban J connectivity index is -0.000000506. The monoisotopic (exact) mass is 264 g/mol. The number of unbranched alkanes of at least 4 members (excludes halogenated alkanes) is 5. The van der Waals surface area contributed by atoms with E-state index < -0.39 is 11.9 Å². The van der Waals surface area contributed by atoms with Crippen LogP contribution < -0.4 is 11.5 Å². The first-order valence-corrected chi connectivity index (χ1v) is 6.22. The molecule has 0 aliphatic rings. The third kappa shape index (κ3) is 29.4. The summed E-state index contributed by atoms with van der Waals surface area (Å²) in [6.45, 7) is 0. The maximum absolute atomic E-state index is 10.1. The molecular formula is C12H28N2O4. The van der Waals surface area contributed by atoms with Gasteiger partial charge in [0.05, 0.1) is 0 Å². The predicted molar refractivity (Wildman–Crippen MR) is 72.4 cm³/mol. The summed E-state index contributed by atoms with van der Waals surface area (Å²) in [4.78, 5) is 20.3. The van der Waals surface area contributed by atoms with Crippen molar-refractivity contribution in [3.8, 4) is 0 Å². The summed E-state index contributed by atoms with van der Waals surface area (Å²) in [6, 6.07) is 0. The van der Waals surface area contributed by atoms with E-state index >= 15 is 0 Å². The average molecular weight is 264 g/mol. The standard InChI is InChI=1S/C10H18O4.2CH5N/c11-9(12)7-5-3-1-2-4-6-8-10(13)14;2*1-2/h1-8H2,(H,11,12)(H,13,14);2*2H2,1H3. The van der Waals surface area contributed by atoms with Gasteiger partial charge in [-0.05, 0) is 26.9 Å². The molecule has 0 aliphatic carbocycles. The van der Waals surface area contributed by atoms with Crippen molar-refractivity contribution in [3.05, 3.63) is 0 Å². The van der Waals surface area contributed by atoms with Crippen molar-refractivity contribution in [3.63, 3.8) is 0 Å². The Hall–Kier alpha value is -1.14. The minimum atomic E-state index is -0.740. The molecule has 6 N–H and O–H groups in total. The summed E-state index contributed by atoms with van der Waals surface area (Å²) in [7, 11) is 3.00. The highest BCUT2D eigenvalue weighted by Gasteiger charge is 1.98. The van der Waals surface area contributed by atoms with Crippen molar-refractivity contribution in [1.29, 1.82) is 0 Å². The van der Waals surface area contributed by atoms with E-state index in [2.05, 4.69) is 11.5 Å². The minimum Gasteiger partial charge on any atom is -0.481 e. The molecule has 6 nitrogen and oxygen atoms in total. The van der Waals surface area contributed by atoms with Crippen LogP contribution in [0.5, 0.6) is 0 Å². The third-order valence-electron chi connectivity index (χ3n) is 2.03. The van der Waals surface area contributed by atoms with Crippen LogP contribution in [0.2, 0.25) is 0 Å². The van der Waals surface area contributed by atoms with Crippen LogP contribution in [-0.4, -0.2) is 36.2 Å². The minimum absolute atomic E-state index is 0.245. The van der Waals surface area contributed by atoms with Crippen molar-refractivity contribution in [1.82, 2.24) is 0 Å². The fourth-order valence-corrected chi connectivity index (χ4v) is 1.26. The quantitative estimate of drug-likeness (QED) is 0.466. The van der Waals surface area contributed by atoms with Gasteiger partial charge >= 0.3 is 11.9 Å². The highest BCUT2D eigenvalue weighted by Crippen LogP contribution is 2.08. The van der Waals surface area contributed by atoms with E-state index in [4.69, 9.17) is 10.2 Å². The zero-order valence-corrected chi connectivity index (χ0v) is 11.5. The molecule has 0 bridgehead atoms. The number of aliphatic carboxylic acids is 2. The zero-order chi connectivity index (χ0) is 14.8. The van der Waals surface area contributed by atoms with Gasteiger partial charge in [-0.25, -0.2) is 0 Å².